The van der Waals surface area contributed by atoms with Crippen molar-refractivity contribution >= 4 is 10.0 Å². The van der Waals surface area contributed by atoms with Crippen molar-refractivity contribution in [3.63, 3.8) is 0 Å². The molecular weight excluding hydrogens is 206 g/mol. The number of rotatable bonds is 4. The molecule has 0 amide bonds. The van der Waals surface area contributed by atoms with Crippen molar-refractivity contribution in [3.05, 3.63) is 11.9 Å². The van der Waals surface area contributed by atoms with E-state index in [1.807, 2.05) is 0 Å². The van der Waals surface area contributed by atoms with Gasteiger partial charge in [0.05, 0.1) is 18.5 Å². The molecule has 0 aliphatic carbocycles. The Morgan fingerprint density at radius 1 is 1.64 bits per heavy atom. The maximum absolute atomic E-state index is 11.8. The molecule has 0 spiro atoms. The molecule has 0 aliphatic heterocycles. The lowest BCUT2D eigenvalue weighted by Crippen LogP contribution is -2.29. The Labute approximate surface area is 82.6 Å². The van der Waals surface area contributed by atoms with Crippen LogP contribution in [0.5, 0.6) is 0 Å². The molecule has 1 heterocycles. The highest BCUT2D eigenvalue weighted by molar-refractivity contribution is 7.89. The number of hydrogen-bond donors (Lipinski definition) is 2. The van der Waals surface area contributed by atoms with Gasteiger partial charge in [0.2, 0.25) is 10.0 Å². The summed E-state index contributed by atoms with van der Waals surface area (Å²) in [6.07, 6.45) is 1.26. The van der Waals surface area contributed by atoms with Crippen molar-refractivity contribution in [3.8, 4) is 0 Å². The van der Waals surface area contributed by atoms with E-state index in [0.717, 1.165) is 4.31 Å². The van der Waals surface area contributed by atoms with Gasteiger partial charge >= 0.3 is 0 Å². The molecule has 2 N–H and O–H groups in total. The second kappa shape index (κ2) is 4.07. The van der Waals surface area contributed by atoms with Gasteiger partial charge in [0.1, 0.15) is 4.90 Å². The molecule has 1 rings (SSSR count). The Balaban J connectivity index is 3.03. The summed E-state index contributed by atoms with van der Waals surface area (Å²) in [5.41, 5.74) is 0.495. The molecule has 7 heteroatoms. The molecule has 0 bridgehead atoms. The molecule has 80 valence electrons. The Bertz CT molecular complexity index is 398. The maximum Gasteiger partial charge on any atom is 0.246 e. The number of aliphatic hydroxyl groups is 1. The second-order valence-electron chi connectivity index (χ2n) is 2.91. The predicted molar refractivity (Wildman–Crippen MR) is 50.2 cm³/mol. The van der Waals surface area contributed by atoms with Gasteiger partial charge in [0.15, 0.2) is 0 Å². The minimum absolute atomic E-state index is 0.0763. The van der Waals surface area contributed by atoms with Gasteiger partial charge in [-0.2, -0.15) is 9.40 Å². The number of hydrogen-bond acceptors (Lipinski definition) is 4. The number of aromatic amines is 1. The number of sulfonamides is 1. The number of aryl methyl sites for hydroxylation is 1. The lowest BCUT2D eigenvalue weighted by atomic mass is 10.5. The molecular formula is C7H13N3O3S. The summed E-state index contributed by atoms with van der Waals surface area (Å²) in [5.74, 6) is 0. The third kappa shape index (κ3) is 1.94. The smallest absolute Gasteiger partial charge is 0.246 e. The molecule has 14 heavy (non-hydrogen) atoms. The molecule has 0 saturated carbocycles. The maximum atomic E-state index is 11.8. The Morgan fingerprint density at radius 2 is 2.29 bits per heavy atom. The van der Waals surface area contributed by atoms with Crippen molar-refractivity contribution < 1.29 is 13.5 Å². The van der Waals surface area contributed by atoms with Crippen molar-refractivity contribution in [2.24, 2.45) is 0 Å². The van der Waals surface area contributed by atoms with Gasteiger partial charge in [0.25, 0.3) is 0 Å². The van der Waals surface area contributed by atoms with E-state index in [1.165, 1.54) is 13.2 Å². The fourth-order valence-corrected chi connectivity index (χ4v) is 2.30. The highest BCUT2D eigenvalue weighted by Gasteiger charge is 2.23. The molecule has 6 nitrogen and oxygen atoms in total. The SMILES string of the molecule is Cc1[nH]ncc1S(=O)(=O)N(C)CCO. The Kier molecular flexibility index (Phi) is 3.25. The predicted octanol–water partition coefficient (Wildman–Crippen LogP) is -0.669. The number of aromatic nitrogens is 2. The first-order valence-electron chi connectivity index (χ1n) is 4.07. The van der Waals surface area contributed by atoms with Gasteiger partial charge in [-0.05, 0) is 6.92 Å². The summed E-state index contributed by atoms with van der Waals surface area (Å²) < 4.78 is 24.6. The molecule has 1 aromatic rings. The summed E-state index contributed by atoms with van der Waals surface area (Å²) in [4.78, 5) is 0.147. The van der Waals surface area contributed by atoms with E-state index in [1.54, 1.807) is 6.92 Å². The number of H-pyrrole nitrogens is 1. The largest absolute Gasteiger partial charge is 0.395 e. The van der Waals surface area contributed by atoms with Crippen LogP contribution in [0.4, 0.5) is 0 Å². The molecule has 0 fully saturated rings. The lowest BCUT2D eigenvalue weighted by molar-refractivity contribution is 0.266. The summed E-state index contributed by atoms with van der Waals surface area (Å²) in [5, 5.41) is 14.8. The van der Waals surface area contributed by atoms with Gasteiger partial charge in [0, 0.05) is 13.6 Å². The van der Waals surface area contributed by atoms with Gasteiger partial charge in [-0.15, -0.1) is 0 Å². The van der Waals surface area contributed by atoms with Crippen LogP contribution in [-0.4, -0.2) is 48.2 Å². The quantitative estimate of drug-likeness (QED) is 0.703. The molecule has 0 atom stereocenters. The van der Waals surface area contributed by atoms with Crippen LogP contribution in [0.2, 0.25) is 0 Å². The third-order valence-corrected chi connectivity index (χ3v) is 3.86. The average molecular weight is 219 g/mol. The topological polar surface area (TPSA) is 86.3 Å². The molecule has 0 radical (unpaired) electrons. The number of aliphatic hydroxyl groups excluding tert-OH is 1. The second-order valence-corrected chi connectivity index (χ2v) is 4.92. The first-order valence-corrected chi connectivity index (χ1v) is 5.51. The minimum Gasteiger partial charge on any atom is -0.395 e. The monoisotopic (exact) mass is 219 g/mol. The first-order chi connectivity index (χ1) is 6.50. The van der Waals surface area contributed by atoms with Crippen molar-refractivity contribution in [1.82, 2.24) is 14.5 Å². The van der Waals surface area contributed by atoms with Crippen LogP contribution in [0.15, 0.2) is 11.1 Å². The number of nitrogens with one attached hydrogen (secondary N) is 1. The molecule has 1 aromatic heterocycles. The van der Waals surface area contributed by atoms with Crippen molar-refractivity contribution in [1.29, 1.82) is 0 Å². The highest BCUT2D eigenvalue weighted by atomic mass is 32.2. The molecule has 0 saturated heterocycles. The zero-order chi connectivity index (χ0) is 10.8. The molecule has 0 aliphatic rings. The van der Waals surface area contributed by atoms with Crippen LogP contribution in [0, 0.1) is 6.92 Å². The fourth-order valence-electron chi connectivity index (χ4n) is 1.03. The van der Waals surface area contributed by atoms with E-state index in [9.17, 15) is 8.42 Å². The van der Waals surface area contributed by atoms with Gasteiger partial charge < -0.3 is 5.11 Å². The number of likely N-dealkylation sites (N-methyl/N-ethyl adjacent to an activating group) is 1. The minimum atomic E-state index is -3.51. The van der Waals surface area contributed by atoms with Crippen LogP contribution in [0.1, 0.15) is 5.69 Å². The van der Waals surface area contributed by atoms with Crippen LogP contribution in [0.3, 0.4) is 0 Å². The average Bonchev–Trinajstić information content (AvgIpc) is 2.52. The standard InChI is InChI=1S/C7H13N3O3S/c1-6-7(5-8-9-6)14(12,13)10(2)3-4-11/h5,11H,3-4H2,1-2H3,(H,8,9). The van der Waals surface area contributed by atoms with Crippen LogP contribution >= 0.6 is 0 Å². The lowest BCUT2D eigenvalue weighted by Gasteiger charge is -2.14. The zero-order valence-corrected chi connectivity index (χ0v) is 8.87. The zero-order valence-electron chi connectivity index (χ0n) is 8.06. The van der Waals surface area contributed by atoms with Gasteiger partial charge in [-0.1, -0.05) is 0 Å². The highest BCUT2D eigenvalue weighted by Crippen LogP contribution is 2.15. The Hall–Kier alpha value is -0.920. The van der Waals surface area contributed by atoms with E-state index < -0.39 is 10.0 Å². The van der Waals surface area contributed by atoms with Crippen molar-refractivity contribution in [2.75, 3.05) is 20.2 Å². The first kappa shape index (κ1) is 11.2. The summed E-state index contributed by atoms with van der Waals surface area (Å²) in [7, 11) is -2.09. The Morgan fingerprint density at radius 3 is 2.71 bits per heavy atom. The van der Waals surface area contributed by atoms with E-state index in [2.05, 4.69) is 10.2 Å². The number of nitrogens with zero attached hydrogens (tertiary/aromatic N) is 2. The summed E-state index contributed by atoms with van der Waals surface area (Å²) >= 11 is 0. The van der Waals surface area contributed by atoms with Crippen LogP contribution in [-0.2, 0) is 10.0 Å². The van der Waals surface area contributed by atoms with E-state index in [-0.39, 0.29) is 18.0 Å². The molecule has 0 unspecified atom stereocenters. The third-order valence-electron chi connectivity index (χ3n) is 1.89. The van der Waals surface area contributed by atoms with Gasteiger partial charge in [-0.3, -0.25) is 5.10 Å². The van der Waals surface area contributed by atoms with E-state index in [0.29, 0.717) is 5.69 Å². The van der Waals surface area contributed by atoms with Crippen molar-refractivity contribution in [2.45, 2.75) is 11.8 Å². The van der Waals surface area contributed by atoms with Gasteiger partial charge in [-0.25, -0.2) is 8.42 Å². The molecule has 0 aromatic carbocycles. The van der Waals surface area contributed by atoms with Crippen LogP contribution in [0.25, 0.3) is 0 Å². The normalized spacial score (nSPS) is 12.3. The van der Waals surface area contributed by atoms with E-state index >= 15 is 0 Å². The fraction of sp³-hybridized carbons (Fsp3) is 0.571. The summed E-state index contributed by atoms with van der Waals surface area (Å²) in [6, 6.07) is 0. The van der Waals surface area contributed by atoms with Crippen LogP contribution < -0.4 is 0 Å². The summed E-state index contributed by atoms with van der Waals surface area (Å²) in [6.45, 7) is 1.51. The van der Waals surface area contributed by atoms with E-state index in [4.69, 9.17) is 5.11 Å².